The molecule has 0 saturated carbocycles. The number of aromatic hydroxyl groups is 1. The molecular weight excluding hydrogens is 350 g/mol. The van der Waals surface area contributed by atoms with Gasteiger partial charge in [-0.25, -0.2) is 0 Å². The van der Waals surface area contributed by atoms with Crippen LogP contribution in [0.1, 0.15) is 32.6 Å². The number of ketones is 1. The van der Waals surface area contributed by atoms with Crippen LogP contribution in [0.25, 0.3) is 6.08 Å². The van der Waals surface area contributed by atoms with Gasteiger partial charge in [0.05, 0.1) is 19.1 Å². The van der Waals surface area contributed by atoms with Crippen molar-refractivity contribution in [2.24, 2.45) is 0 Å². The second kappa shape index (κ2) is 6.75. The molecular formula is C20H19NO6. The SMILES string of the molecule is COc1cc2c(c([N+](=O)[O-])c1OC)C(=O)C(=Cc1cc(C)c(O)c(C)c1)C2. The Morgan fingerprint density at radius 3 is 2.30 bits per heavy atom. The van der Waals surface area contributed by atoms with Gasteiger partial charge in [0.1, 0.15) is 11.3 Å². The van der Waals surface area contributed by atoms with Crippen molar-refractivity contribution in [3.63, 3.8) is 0 Å². The van der Waals surface area contributed by atoms with E-state index in [-0.39, 0.29) is 34.9 Å². The highest BCUT2D eigenvalue weighted by atomic mass is 16.6. The summed E-state index contributed by atoms with van der Waals surface area (Å²) in [5, 5.41) is 21.5. The van der Waals surface area contributed by atoms with Crippen LogP contribution < -0.4 is 9.47 Å². The highest BCUT2D eigenvalue weighted by Crippen LogP contribution is 2.46. The van der Waals surface area contributed by atoms with Crippen molar-refractivity contribution in [1.82, 2.24) is 0 Å². The molecule has 1 N–H and O–H groups in total. The summed E-state index contributed by atoms with van der Waals surface area (Å²) in [5.74, 6) is -0.0372. The monoisotopic (exact) mass is 369 g/mol. The number of methoxy groups -OCH3 is 2. The molecule has 7 heteroatoms. The number of hydrogen-bond acceptors (Lipinski definition) is 6. The smallest absolute Gasteiger partial charge is 0.326 e. The number of ether oxygens (including phenoxy) is 2. The van der Waals surface area contributed by atoms with E-state index in [0.29, 0.717) is 22.3 Å². The zero-order valence-corrected chi connectivity index (χ0v) is 15.5. The van der Waals surface area contributed by atoms with Crippen molar-refractivity contribution >= 4 is 17.5 Å². The van der Waals surface area contributed by atoms with Crippen molar-refractivity contribution < 1.29 is 24.3 Å². The van der Waals surface area contributed by atoms with Crippen molar-refractivity contribution in [2.45, 2.75) is 20.3 Å². The van der Waals surface area contributed by atoms with Gasteiger partial charge in [0.2, 0.25) is 5.75 Å². The second-order valence-electron chi connectivity index (χ2n) is 6.43. The summed E-state index contributed by atoms with van der Waals surface area (Å²) < 4.78 is 10.3. The zero-order valence-electron chi connectivity index (χ0n) is 15.5. The molecule has 2 aromatic carbocycles. The van der Waals surface area contributed by atoms with E-state index < -0.39 is 10.7 Å². The molecule has 140 valence electrons. The third-order valence-electron chi connectivity index (χ3n) is 4.66. The molecule has 0 aromatic heterocycles. The Morgan fingerprint density at radius 1 is 1.15 bits per heavy atom. The molecule has 0 radical (unpaired) electrons. The Balaban J connectivity index is 2.15. The Morgan fingerprint density at radius 2 is 1.78 bits per heavy atom. The number of fused-ring (bicyclic) bond motifs is 1. The molecule has 27 heavy (non-hydrogen) atoms. The Bertz CT molecular complexity index is 983. The van der Waals surface area contributed by atoms with Gasteiger partial charge in [0.15, 0.2) is 11.5 Å². The number of benzene rings is 2. The standard InChI is InChI=1S/C20H19NO6/c1-10-5-12(6-11(2)18(10)22)7-14-8-13-9-15(26-3)20(27-4)17(21(24)25)16(13)19(14)23/h5-7,9,22H,8H2,1-4H3. The normalized spacial score (nSPS) is 14.4. The van der Waals surface area contributed by atoms with Crippen LogP contribution in [-0.4, -0.2) is 30.0 Å². The average Bonchev–Trinajstić information content (AvgIpc) is 2.93. The first-order valence-electron chi connectivity index (χ1n) is 8.26. The molecule has 0 saturated heterocycles. The van der Waals surface area contributed by atoms with Gasteiger partial charge in [-0.1, -0.05) is 0 Å². The average molecular weight is 369 g/mol. The van der Waals surface area contributed by atoms with Gasteiger partial charge < -0.3 is 14.6 Å². The van der Waals surface area contributed by atoms with E-state index in [1.54, 1.807) is 38.1 Å². The van der Waals surface area contributed by atoms with E-state index in [1.165, 1.54) is 14.2 Å². The maximum Gasteiger partial charge on any atom is 0.326 e. The lowest BCUT2D eigenvalue weighted by molar-refractivity contribution is -0.386. The number of allylic oxidation sites excluding steroid dienone is 1. The van der Waals surface area contributed by atoms with E-state index >= 15 is 0 Å². The van der Waals surface area contributed by atoms with Crippen LogP contribution in [0.5, 0.6) is 17.2 Å². The van der Waals surface area contributed by atoms with Gasteiger partial charge in [-0.15, -0.1) is 0 Å². The lowest BCUT2D eigenvalue weighted by Crippen LogP contribution is -2.05. The summed E-state index contributed by atoms with van der Waals surface area (Å²) in [7, 11) is 2.69. The van der Waals surface area contributed by atoms with Crippen LogP contribution in [0.4, 0.5) is 5.69 Å². The highest BCUT2D eigenvalue weighted by Gasteiger charge is 2.38. The molecule has 7 nitrogen and oxygen atoms in total. The van der Waals surface area contributed by atoms with Gasteiger partial charge >= 0.3 is 5.69 Å². The molecule has 0 bridgehead atoms. The third-order valence-corrected chi connectivity index (χ3v) is 4.66. The van der Waals surface area contributed by atoms with Gasteiger partial charge in [0, 0.05) is 12.0 Å². The van der Waals surface area contributed by atoms with Gasteiger partial charge in [-0.2, -0.15) is 0 Å². The number of nitro benzene ring substituents is 1. The van der Waals surface area contributed by atoms with Crippen LogP contribution in [0.2, 0.25) is 0 Å². The quantitative estimate of drug-likeness (QED) is 0.500. The molecule has 1 aliphatic rings. The number of nitro groups is 1. The summed E-state index contributed by atoms with van der Waals surface area (Å²) in [4.78, 5) is 23.9. The minimum atomic E-state index is -0.615. The molecule has 0 atom stereocenters. The number of nitrogens with zero attached hydrogens (tertiary/aromatic N) is 1. The van der Waals surface area contributed by atoms with Crippen LogP contribution >= 0.6 is 0 Å². The van der Waals surface area contributed by atoms with Crippen LogP contribution in [-0.2, 0) is 6.42 Å². The first kappa shape index (κ1) is 18.4. The molecule has 0 unspecified atom stereocenters. The first-order valence-corrected chi connectivity index (χ1v) is 8.26. The molecule has 3 rings (SSSR count). The van der Waals surface area contributed by atoms with E-state index in [1.807, 2.05) is 0 Å². The number of carbonyl (C=O) groups excluding carboxylic acids is 1. The predicted octanol–water partition coefficient (Wildman–Crippen LogP) is 3.76. The van der Waals surface area contributed by atoms with Gasteiger partial charge in [-0.05, 0) is 60.4 Å². The summed E-state index contributed by atoms with van der Waals surface area (Å²) in [6.07, 6.45) is 1.96. The zero-order chi connectivity index (χ0) is 19.9. The molecule has 1 aliphatic carbocycles. The molecule has 2 aromatic rings. The van der Waals surface area contributed by atoms with E-state index in [0.717, 1.165) is 5.56 Å². The fourth-order valence-corrected chi connectivity index (χ4v) is 3.43. The topological polar surface area (TPSA) is 98.9 Å². The largest absolute Gasteiger partial charge is 0.507 e. The molecule has 0 amide bonds. The molecule has 0 heterocycles. The van der Waals surface area contributed by atoms with Crippen LogP contribution in [0.3, 0.4) is 0 Å². The lowest BCUT2D eigenvalue weighted by atomic mass is 10.0. The van der Waals surface area contributed by atoms with Crippen molar-refractivity contribution in [1.29, 1.82) is 0 Å². The Hall–Kier alpha value is -3.35. The number of carbonyl (C=O) groups is 1. The van der Waals surface area contributed by atoms with E-state index in [9.17, 15) is 20.0 Å². The Labute approximate surface area is 156 Å². The van der Waals surface area contributed by atoms with Crippen molar-refractivity contribution in [2.75, 3.05) is 14.2 Å². The van der Waals surface area contributed by atoms with Crippen LogP contribution in [0, 0.1) is 24.0 Å². The second-order valence-corrected chi connectivity index (χ2v) is 6.43. The molecule has 0 fully saturated rings. The lowest BCUT2D eigenvalue weighted by Gasteiger charge is -2.10. The van der Waals surface area contributed by atoms with Gasteiger partial charge in [0.25, 0.3) is 0 Å². The number of hydrogen-bond donors (Lipinski definition) is 1. The van der Waals surface area contributed by atoms with Crippen molar-refractivity contribution in [3.05, 3.63) is 61.7 Å². The highest BCUT2D eigenvalue weighted by molar-refractivity contribution is 6.18. The number of rotatable bonds is 4. The summed E-state index contributed by atoms with van der Waals surface area (Å²) in [5.41, 5.74) is 2.77. The number of phenols is 1. The molecule has 0 aliphatic heterocycles. The third kappa shape index (κ3) is 3.01. The van der Waals surface area contributed by atoms with E-state index in [2.05, 4.69) is 0 Å². The van der Waals surface area contributed by atoms with E-state index in [4.69, 9.17) is 9.47 Å². The number of Topliss-reactive ketones (excluding diaryl/α,β-unsaturated/α-hetero) is 1. The minimum absolute atomic E-state index is 0.0381. The summed E-state index contributed by atoms with van der Waals surface area (Å²) >= 11 is 0. The Kier molecular flexibility index (Phi) is 4.61. The minimum Gasteiger partial charge on any atom is -0.507 e. The maximum absolute atomic E-state index is 12.9. The number of phenolic OH excluding ortho intramolecular Hbond substituents is 1. The fourth-order valence-electron chi connectivity index (χ4n) is 3.43. The number of aryl methyl sites for hydroxylation is 2. The first-order chi connectivity index (χ1) is 12.8. The fraction of sp³-hybridized carbons (Fsp3) is 0.250. The summed E-state index contributed by atoms with van der Waals surface area (Å²) in [6, 6.07) is 5.13. The van der Waals surface area contributed by atoms with Gasteiger partial charge in [-0.3, -0.25) is 14.9 Å². The predicted molar refractivity (Wildman–Crippen MR) is 99.8 cm³/mol. The van der Waals surface area contributed by atoms with Crippen LogP contribution in [0.15, 0.2) is 23.8 Å². The van der Waals surface area contributed by atoms with Crippen molar-refractivity contribution in [3.8, 4) is 17.2 Å². The molecule has 0 spiro atoms. The summed E-state index contributed by atoms with van der Waals surface area (Å²) in [6.45, 7) is 3.55. The maximum atomic E-state index is 12.9.